The lowest BCUT2D eigenvalue weighted by Gasteiger charge is -2.50. The Morgan fingerprint density at radius 3 is 2.71 bits per heavy atom. The molecule has 0 spiro atoms. The van der Waals surface area contributed by atoms with E-state index in [1.54, 1.807) is 0 Å². The number of aromatic nitrogens is 2. The first-order valence-electron chi connectivity index (χ1n) is 6.30. The first-order valence-corrected chi connectivity index (χ1v) is 6.30. The number of nitrogens with zero attached hydrogens (tertiary/aromatic N) is 2. The van der Waals surface area contributed by atoms with Gasteiger partial charge in [-0.05, 0) is 19.8 Å². The highest BCUT2D eigenvalue weighted by molar-refractivity contribution is 5.39. The molecule has 4 heteroatoms. The minimum atomic E-state index is 0.144. The summed E-state index contributed by atoms with van der Waals surface area (Å²) in [5.41, 5.74) is 7.24. The molecule has 0 saturated heterocycles. The Labute approximate surface area is 103 Å². The van der Waals surface area contributed by atoms with Gasteiger partial charge in [-0.2, -0.15) is 0 Å². The van der Waals surface area contributed by atoms with Gasteiger partial charge in [0, 0.05) is 29.3 Å². The largest absolute Gasteiger partial charge is 0.367 e. The normalized spacial score (nSPS) is 26.4. The van der Waals surface area contributed by atoms with Crippen LogP contribution < -0.4 is 11.1 Å². The highest BCUT2D eigenvalue weighted by Crippen LogP contribution is 2.40. The molecular weight excluding hydrogens is 212 g/mol. The maximum atomic E-state index is 6.01. The van der Waals surface area contributed by atoms with Gasteiger partial charge >= 0.3 is 0 Å². The van der Waals surface area contributed by atoms with Crippen LogP contribution in [0.5, 0.6) is 0 Å². The van der Waals surface area contributed by atoms with Gasteiger partial charge < -0.3 is 11.1 Å². The van der Waals surface area contributed by atoms with E-state index in [1.807, 2.05) is 13.0 Å². The van der Waals surface area contributed by atoms with E-state index in [0.717, 1.165) is 30.2 Å². The molecule has 0 bridgehead atoms. The molecule has 1 aliphatic carbocycles. The van der Waals surface area contributed by atoms with Crippen LogP contribution in [0.3, 0.4) is 0 Å². The van der Waals surface area contributed by atoms with Crippen molar-refractivity contribution < 1.29 is 0 Å². The molecule has 1 aliphatic rings. The van der Waals surface area contributed by atoms with Gasteiger partial charge in [0.05, 0.1) is 0 Å². The fourth-order valence-corrected chi connectivity index (χ4v) is 2.27. The van der Waals surface area contributed by atoms with Crippen LogP contribution in [-0.2, 0) is 6.42 Å². The van der Waals surface area contributed by atoms with Crippen LogP contribution >= 0.6 is 0 Å². The molecule has 3 N–H and O–H groups in total. The number of hydrogen-bond donors (Lipinski definition) is 2. The Hall–Kier alpha value is -1.16. The summed E-state index contributed by atoms with van der Waals surface area (Å²) >= 11 is 0. The second-order valence-electron chi connectivity index (χ2n) is 5.51. The topological polar surface area (TPSA) is 63.8 Å². The third-order valence-electron chi connectivity index (χ3n) is 3.92. The number of aryl methyl sites for hydroxylation is 2. The quantitative estimate of drug-likeness (QED) is 0.838. The second-order valence-corrected chi connectivity index (χ2v) is 5.51. The van der Waals surface area contributed by atoms with Crippen LogP contribution in [-0.4, -0.2) is 22.1 Å². The average molecular weight is 234 g/mol. The van der Waals surface area contributed by atoms with Gasteiger partial charge in [0.25, 0.3) is 0 Å². The molecule has 0 amide bonds. The Kier molecular flexibility index (Phi) is 3.08. The van der Waals surface area contributed by atoms with Crippen molar-refractivity contribution in [1.82, 2.24) is 9.97 Å². The Morgan fingerprint density at radius 2 is 2.18 bits per heavy atom. The smallest absolute Gasteiger partial charge is 0.130 e. The lowest BCUT2D eigenvalue weighted by Crippen LogP contribution is -2.61. The van der Waals surface area contributed by atoms with E-state index >= 15 is 0 Å². The van der Waals surface area contributed by atoms with Gasteiger partial charge in [0.2, 0.25) is 0 Å². The Morgan fingerprint density at radius 1 is 1.47 bits per heavy atom. The fourth-order valence-electron chi connectivity index (χ4n) is 2.27. The predicted molar refractivity (Wildman–Crippen MR) is 69.9 cm³/mol. The second kappa shape index (κ2) is 4.26. The molecule has 1 aromatic heterocycles. The molecule has 1 aromatic rings. The summed E-state index contributed by atoms with van der Waals surface area (Å²) in [6.45, 7) is 8.44. The summed E-state index contributed by atoms with van der Waals surface area (Å²) in [6.07, 6.45) is 1.95. The zero-order valence-corrected chi connectivity index (χ0v) is 11.1. The van der Waals surface area contributed by atoms with Gasteiger partial charge in [-0.1, -0.05) is 20.8 Å². The van der Waals surface area contributed by atoms with Gasteiger partial charge in [-0.25, -0.2) is 9.97 Å². The molecule has 1 heterocycles. The Balaban J connectivity index is 2.12. The number of nitrogens with two attached hydrogens (primary N) is 1. The minimum Gasteiger partial charge on any atom is -0.367 e. The van der Waals surface area contributed by atoms with Gasteiger partial charge in [0.1, 0.15) is 11.6 Å². The molecule has 2 unspecified atom stereocenters. The number of nitrogens with one attached hydrogen (secondary N) is 1. The van der Waals surface area contributed by atoms with Crippen molar-refractivity contribution in [3.05, 3.63) is 17.6 Å². The molecule has 2 rings (SSSR count). The fraction of sp³-hybridized carbons (Fsp3) is 0.692. The lowest BCUT2D eigenvalue weighted by molar-refractivity contribution is 0.117. The molecular formula is C13H22N4. The zero-order chi connectivity index (χ0) is 12.6. The standard InChI is InChI=1S/C13H22N4/c1-5-9-6-12(16-8(2)15-9)17-11-7-10(14)13(11,3)4/h6,10-11H,5,7,14H2,1-4H3,(H,15,16,17). The SMILES string of the molecule is CCc1cc(NC2CC(N)C2(C)C)nc(C)n1. The number of rotatable bonds is 3. The molecule has 94 valence electrons. The minimum absolute atomic E-state index is 0.144. The third kappa shape index (κ3) is 2.27. The predicted octanol–water partition coefficient (Wildman–Crippen LogP) is 1.89. The summed E-state index contributed by atoms with van der Waals surface area (Å²) in [5, 5.41) is 3.48. The molecule has 4 nitrogen and oxygen atoms in total. The molecule has 0 aromatic carbocycles. The van der Waals surface area contributed by atoms with E-state index < -0.39 is 0 Å². The van der Waals surface area contributed by atoms with Crippen LogP contribution in [0.2, 0.25) is 0 Å². The van der Waals surface area contributed by atoms with Crippen LogP contribution in [0.15, 0.2) is 6.07 Å². The summed E-state index contributed by atoms with van der Waals surface area (Å²) in [5.74, 6) is 1.76. The van der Waals surface area contributed by atoms with Crippen LogP contribution in [0.25, 0.3) is 0 Å². The van der Waals surface area contributed by atoms with Crippen LogP contribution in [0.1, 0.15) is 38.7 Å². The van der Waals surface area contributed by atoms with Crippen LogP contribution in [0, 0.1) is 12.3 Å². The molecule has 2 atom stereocenters. The molecule has 0 aliphatic heterocycles. The van der Waals surface area contributed by atoms with E-state index in [4.69, 9.17) is 5.73 Å². The van der Waals surface area contributed by atoms with Crippen molar-refractivity contribution in [2.24, 2.45) is 11.1 Å². The van der Waals surface area contributed by atoms with Crippen molar-refractivity contribution in [3.63, 3.8) is 0 Å². The maximum absolute atomic E-state index is 6.01. The molecule has 17 heavy (non-hydrogen) atoms. The van der Waals surface area contributed by atoms with E-state index in [1.165, 1.54) is 0 Å². The first-order chi connectivity index (χ1) is 7.93. The number of anilines is 1. The summed E-state index contributed by atoms with van der Waals surface area (Å²) in [4.78, 5) is 8.81. The monoisotopic (exact) mass is 234 g/mol. The van der Waals surface area contributed by atoms with Gasteiger partial charge in [0.15, 0.2) is 0 Å². The van der Waals surface area contributed by atoms with E-state index in [0.29, 0.717) is 6.04 Å². The summed E-state index contributed by atoms with van der Waals surface area (Å²) < 4.78 is 0. The lowest BCUT2D eigenvalue weighted by atomic mass is 9.63. The van der Waals surface area contributed by atoms with Gasteiger partial charge in [-0.3, -0.25) is 0 Å². The molecule has 1 fully saturated rings. The van der Waals surface area contributed by atoms with Crippen molar-refractivity contribution in [2.75, 3.05) is 5.32 Å². The third-order valence-corrected chi connectivity index (χ3v) is 3.92. The zero-order valence-electron chi connectivity index (χ0n) is 11.1. The average Bonchev–Trinajstić information content (AvgIpc) is 2.28. The highest BCUT2D eigenvalue weighted by atomic mass is 15.1. The van der Waals surface area contributed by atoms with Crippen molar-refractivity contribution in [1.29, 1.82) is 0 Å². The van der Waals surface area contributed by atoms with E-state index in [-0.39, 0.29) is 11.5 Å². The van der Waals surface area contributed by atoms with Crippen molar-refractivity contribution in [2.45, 2.75) is 52.6 Å². The first kappa shape index (κ1) is 12.3. The molecule has 1 saturated carbocycles. The van der Waals surface area contributed by atoms with Crippen molar-refractivity contribution in [3.8, 4) is 0 Å². The molecule has 0 radical (unpaired) electrons. The Bertz CT molecular complexity index is 414. The van der Waals surface area contributed by atoms with Crippen LogP contribution in [0.4, 0.5) is 5.82 Å². The van der Waals surface area contributed by atoms with Gasteiger partial charge in [-0.15, -0.1) is 0 Å². The summed E-state index contributed by atoms with van der Waals surface area (Å²) in [7, 11) is 0. The summed E-state index contributed by atoms with van der Waals surface area (Å²) in [6, 6.07) is 2.73. The van der Waals surface area contributed by atoms with Crippen molar-refractivity contribution >= 4 is 5.82 Å². The maximum Gasteiger partial charge on any atom is 0.130 e. The number of hydrogen-bond acceptors (Lipinski definition) is 4. The highest BCUT2D eigenvalue weighted by Gasteiger charge is 2.46. The van der Waals surface area contributed by atoms with E-state index in [9.17, 15) is 0 Å². The van der Waals surface area contributed by atoms with E-state index in [2.05, 4.69) is 36.1 Å².